The molecule has 0 amide bonds. The summed E-state index contributed by atoms with van der Waals surface area (Å²) in [5.74, 6) is 0.864. The van der Waals surface area contributed by atoms with Crippen LogP contribution in [0.1, 0.15) is 5.82 Å². The third-order valence-electron chi connectivity index (χ3n) is 1.61. The van der Waals surface area contributed by atoms with Crippen LogP contribution in [0.25, 0.3) is 0 Å². The van der Waals surface area contributed by atoms with Crippen molar-refractivity contribution in [3.63, 3.8) is 0 Å². The minimum atomic E-state index is -0.476. The second kappa shape index (κ2) is 3.50. The van der Waals surface area contributed by atoms with Crippen LogP contribution in [0.4, 0.5) is 0 Å². The first kappa shape index (κ1) is 8.23. The third-order valence-corrected chi connectivity index (χ3v) is 1.61. The lowest BCUT2D eigenvalue weighted by Gasteiger charge is -2.06. The first-order valence-electron chi connectivity index (χ1n) is 3.58. The van der Waals surface area contributed by atoms with Gasteiger partial charge in [-0.1, -0.05) is 0 Å². The molecule has 1 rings (SSSR count). The zero-order valence-corrected chi connectivity index (χ0v) is 6.57. The highest BCUT2D eigenvalue weighted by Crippen LogP contribution is 1.97. The zero-order valence-electron chi connectivity index (χ0n) is 6.57. The number of hydrogen-bond acceptors (Lipinski definition) is 3. The number of nitrogens with two attached hydrogens (primary N) is 1. The van der Waals surface area contributed by atoms with Crippen molar-refractivity contribution in [1.29, 1.82) is 0 Å². The Labute approximate surface area is 65.7 Å². The average molecular weight is 155 g/mol. The van der Waals surface area contributed by atoms with Gasteiger partial charge in [-0.25, -0.2) is 4.98 Å². The predicted molar refractivity (Wildman–Crippen MR) is 42.0 cm³/mol. The first-order valence-corrected chi connectivity index (χ1v) is 3.58. The highest BCUT2D eigenvalue weighted by Gasteiger charge is 2.05. The standard InChI is InChI=1S/C7H13N3O/c1-10-3-2-9-7(10)4-6(11)5-8/h2-3,6,11H,4-5,8H2,1H3. The molecule has 4 nitrogen and oxygen atoms in total. The number of nitrogens with zero attached hydrogens (tertiary/aromatic N) is 2. The van der Waals surface area contributed by atoms with Gasteiger partial charge in [0.2, 0.25) is 0 Å². The second-order valence-corrected chi connectivity index (χ2v) is 2.55. The van der Waals surface area contributed by atoms with E-state index in [0.29, 0.717) is 6.42 Å². The molecule has 0 aromatic carbocycles. The molecule has 0 spiro atoms. The van der Waals surface area contributed by atoms with Gasteiger partial charge in [0.05, 0.1) is 6.10 Å². The molecule has 1 atom stereocenters. The lowest BCUT2D eigenvalue weighted by Crippen LogP contribution is -2.23. The van der Waals surface area contributed by atoms with Crippen LogP contribution < -0.4 is 5.73 Å². The number of imidazole rings is 1. The number of hydrogen-bond donors (Lipinski definition) is 2. The third kappa shape index (κ3) is 2.03. The van der Waals surface area contributed by atoms with Crippen molar-refractivity contribution in [3.8, 4) is 0 Å². The van der Waals surface area contributed by atoms with Crippen molar-refractivity contribution < 1.29 is 5.11 Å². The van der Waals surface area contributed by atoms with Crippen molar-refractivity contribution in [3.05, 3.63) is 18.2 Å². The molecule has 1 heterocycles. The Kier molecular flexibility index (Phi) is 2.62. The van der Waals surface area contributed by atoms with Gasteiger partial charge in [0, 0.05) is 32.4 Å². The van der Waals surface area contributed by atoms with E-state index in [0.717, 1.165) is 5.82 Å². The highest BCUT2D eigenvalue weighted by atomic mass is 16.3. The molecule has 1 unspecified atom stereocenters. The fourth-order valence-corrected chi connectivity index (χ4v) is 0.887. The van der Waals surface area contributed by atoms with E-state index in [-0.39, 0.29) is 6.54 Å². The van der Waals surface area contributed by atoms with E-state index in [2.05, 4.69) is 4.98 Å². The van der Waals surface area contributed by atoms with Gasteiger partial charge in [0.1, 0.15) is 5.82 Å². The number of rotatable bonds is 3. The normalized spacial score (nSPS) is 13.4. The molecule has 11 heavy (non-hydrogen) atoms. The molecule has 0 aliphatic rings. The van der Waals surface area contributed by atoms with Gasteiger partial charge < -0.3 is 15.4 Å². The topological polar surface area (TPSA) is 64.1 Å². The van der Waals surface area contributed by atoms with Crippen LogP contribution in [-0.4, -0.2) is 27.3 Å². The van der Waals surface area contributed by atoms with E-state index >= 15 is 0 Å². The lowest BCUT2D eigenvalue weighted by molar-refractivity contribution is 0.180. The van der Waals surface area contributed by atoms with Crippen LogP contribution in [0, 0.1) is 0 Å². The highest BCUT2D eigenvalue weighted by molar-refractivity contribution is 4.92. The van der Waals surface area contributed by atoms with Crippen LogP contribution in [-0.2, 0) is 13.5 Å². The monoisotopic (exact) mass is 155 g/mol. The largest absolute Gasteiger partial charge is 0.391 e. The van der Waals surface area contributed by atoms with Crippen LogP contribution in [0.3, 0.4) is 0 Å². The Balaban J connectivity index is 2.56. The first-order chi connectivity index (χ1) is 5.24. The fourth-order valence-electron chi connectivity index (χ4n) is 0.887. The quantitative estimate of drug-likeness (QED) is 0.605. The molecule has 0 bridgehead atoms. The molecule has 0 aliphatic carbocycles. The molecule has 3 N–H and O–H groups in total. The molecular formula is C7H13N3O. The fraction of sp³-hybridized carbons (Fsp3) is 0.571. The van der Waals surface area contributed by atoms with Gasteiger partial charge in [-0.3, -0.25) is 0 Å². The summed E-state index contributed by atoms with van der Waals surface area (Å²) in [4.78, 5) is 4.05. The summed E-state index contributed by atoms with van der Waals surface area (Å²) in [5, 5.41) is 9.18. The maximum absolute atomic E-state index is 9.18. The Bertz CT molecular complexity index is 221. The number of aliphatic hydroxyl groups excluding tert-OH is 1. The van der Waals surface area contributed by atoms with E-state index in [1.54, 1.807) is 6.20 Å². The molecular weight excluding hydrogens is 142 g/mol. The minimum Gasteiger partial charge on any atom is -0.391 e. The summed E-state index contributed by atoms with van der Waals surface area (Å²) in [7, 11) is 1.89. The zero-order chi connectivity index (χ0) is 8.27. The number of aromatic nitrogens is 2. The Morgan fingerprint density at radius 2 is 2.55 bits per heavy atom. The number of aliphatic hydroxyl groups is 1. The summed E-state index contributed by atoms with van der Waals surface area (Å²) in [6.07, 6.45) is 3.60. The van der Waals surface area contributed by atoms with Crippen molar-refractivity contribution in [2.45, 2.75) is 12.5 Å². The summed E-state index contributed by atoms with van der Waals surface area (Å²) in [5.41, 5.74) is 5.25. The Morgan fingerprint density at radius 1 is 1.82 bits per heavy atom. The van der Waals surface area contributed by atoms with E-state index in [9.17, 15) is 5.11 Å². The molecule has 0 aliphatic heterocycles. The lowest BCUT2D eigenvalue weighted by atomic mass is 10.2. The van der Waals surface area contributed by atoms with Crippen LogP contribution in [0.15, 0.2) is 12.4 Å². The maximum atomic E-state index is 9.18. The van der Waals surface area contributed by atoms with Crippen LogP contribution in [0.2, 0.25) is 0 Å². The molecule has 0 saturated carbocycles. The van der Waals surface area contributed by atoms with Crippen molar-refractivity contribution in [2.24, 2.45) is 12.8 Å². The molecule has 0 radical (unpaired) electrons. The van der Waals surface area contributed by atoms with Crippen molar-refractivity contribution in [1.82, 2.24) is 9.55 Å². The molecule has 1 aromatic heterocycles. The predicted octanol–water partition coefficient (Wildman–Crippen LogP) is -0.718. The van der Waals surface area contributed by atoms with Gasteiger partial charge in [0.15, 0.2) is 0 Å². The van der Waals surface area contributed by atoms with Gasteiger partial charge >= 0.3 is 0 Å². The van der Waals surface area contributed by atoms with Crippen LogP contribution in [0.5, 0.6) is 0 Å². The van der Waals surface area contributed by atoms with E-state index in [1.165, 1.54) is 0 Å². The molecule has 4 heteroatoms. The van der Waals surface area contributed by atoms with E-state index in [4.69, 9.17) is 5.73 Å². The molecule has 1 aromatic rings. The summed E-state index contributed by atoms with van der Waals surface area (Å²) >= 11 is 0. The van der Waals surface area contributed by atoms with Crippen molar-refractivity contribution in [2.75, 3.05) is 6.54 Å². The minimum absolute atomic E-state index is 0.285. The van der Waals surface area contributed by atoms with Crippen molar-refractivity contribution >= 4 is 0 Å². The number of aryl methyl sites for hydroxylation is 1. The van der Waals surface area contributed by atoms with Gasteiger partial charge in [0.25, 0.3) is 0 Å². The van der Waals surface area contributed by atoms with Gasteiger partial charge in [-0.2, -0.15) is 0 Å². The average Bonchev–Trinajstić information content (AvgIpc) is 2.37. The van der Waals surface area contributed by atoms with E-state index < -0.39 is 6.10 Å². The Morgan fingerprint density at radius 3 is 3.00 bits per heavy atom. The second-order valence-electron chi connectivity index (χ2n) is 2.55. The molecule has 0 saturated heterocycles. The van der Waals surface area contributed by atoms with Crippen LogP contribution >= 0.6 is 0 Å². The SMILES string of the molecule is Cn1ccnc1CC(O)CN. The molecule has 0 fully saturated rings. The Hall–Kier alpha value is -0.870. The van der Waals surface area contributed by atoms with E-state index in [1.807, 2.05) is 17.8 Å². The summed E-state index contributed by atoms with van der Waals surface area (Å²) in [6.45, 7) is 0.285. The van der Waals surface area contributed by atoms with Gasteiger partial charge in [-0.15, -0.1) is 0 Å². The maximum Gasteiger partial charge on any atom is 0.111 e. The summed E-state index contributed by atoms with van der Waals surface area (Å²) in [6, 6.07) is 0. The smallest absolute Gasteiger partial charge is 0.111 e. The summed E-state index contributed by atoms with van der Waals surface area (Å²) < 4.78 is 1.87. The van der Waals surface area contributed by atoms with Gasteiger partial charge in [-0.05, 0) is 0 Å². The molecule has 62 valence electrons.